The second kappa shape index (κ2) is 7.09. The van der Waals surface area contributed by atoms with Crippen LogP contribution < -0.4 is 10.1 Å². The van der Waals surface area contributed by atoms with Gasteiger partial charge in [-0.25, -0.2) is 0 Å². The number of anilines is 1. The van der Waals surface area contributed by atoms with Gasteiger partial charge >= 0.3 is 0 Å². The van der Waals surface area contributed by atoms with Crippen molar-refractivity contribution in [2.24, 2.45) is 5.92 Å². The summed E-state index contributed by atoms with van der Waals surface area (Å²) in [5.74, 6) is 0.644. The zero-order chi connectivity index (χ0) is 15.3. The summed E-state index contributed by atoms with van der Waals surface area (Å²) in [6.07, 6.45) is -0.0661. The highest BCUT2D eigenvalue weighted by molar-refractivity contribution is 5.57. The number of non-ortho nitro benzene ring substituents is 1. The van der Waals surface area contributed by atoms with Gasteiger partial charge in [0.25, 0.3) is 5.69 Å². The highest BCUT2D eigenvalue weighted by Gasteiger charge is 2.16. The number of aliphatic hydroxyl groups is 1. The van der Waals surface area contributed by atoms with Gasteiger partial charge in [0.05, 0.1) is 29.7 Å². The van der Waals surface area contributed by atoms with Crippen molar-refractivity contribution in [3.63, 3.8) is 0 Å². The van der Waals surface area contributed by atoms with Crippen molar-refractivity contribution in [3.8, 4) is 5.75 Å². The molecular weight excluding hydrogens is 260 g/mol. The Kier molecular flexibility index (Phi) is 5.76. The molecule has 0 aliphatic carbocycles. The van der Waals surface area contributed by atoms with Crippen molar-refractivity contribution < 1.29 is 14.8 Å². The minimum Gasteiger partial charge on any atom is -0.491 e. The molecule has 0 radical (unpaired) electrons. The lowest BCUT2D eigenvalue weighted by molar-refractivity contribution is -0.384. The summed E-state index contributed by atoms with van der Waals surface area (Å²) in [6, 6.07) is 4.38. The van der Waals surface area contributed by atoms with Crippen LogP contribution in [0.3, 0.4) is 0 Å². The highest BCUT2D eigenvalue weighted by Crippen LogP contribution is 2.27. The molecule has 0 amide bonds. The number of rotatable bonds is 7. The number of hydrogen-bond acceptors (Lipinski definition) is 5. The van der Waals surface area contributed by atoms with Crippen molar-refractivity contribution in [1.82, 2.24) is 0 Å². The number of nitro benzene ring substituents is 1. The van der Waals surface area contributed by atoms with Crippen molar-refractivity contribution in [2.75, 3.05) is 11.9 Å². The zero-order valence-corrected chi connectivity index (χ0v) is 12.3. The number of nitrogens with zero attached hydrogens (tertiary/aromatic N) is 1. The second-order valence-electron chi connectivity index (χ2n) is 5.32. The van der Waals surface area contributed by atoms with Gasteiger partial charge in [0.1, 0.15) is 5.75 Å². The maximum atomic E-state index is 11.0. The zero-order valence-electron chi connectivity index (χ0n) is 12.3. The van der Waals surface area contributed by atoms with Crippen LogP contribution in [0.25, 0.3) is 0 Å². The molecule has 0 aliphatic rings. The molecule has 0 aliphatic heterocycles. The van der Waals surface area contributed by atoms with Gasteiger partial charge in [-0.1, -0.05) is 13.8 Å². The molecule has 0 saturated heterocycles. The topological polar surface area (TPSA) is 84.6 Å². The summed E-state index contributed by atoms with van der Waals surface area (Å²) in [4.78, 5) is 10.5. The fraction of sp³-hybridized carbons (Fsp3) is 0.571. The highest BCUT2D eigenvalue weighted by atomic mass is 16.6. The molecule has 6 nitrogen and oxygen atoms in total. The number of benzene rings is 1. The van der Waals surface area contributed by atoms with E-state index in [2.05, 4.69) is 5.32 Å². The van der Waals surface area contributed by atoms with E-state index < -0.39 is 4.92 Å². The van der Waals surface area contributed by atoms with Gasteiger partial charge < -0.3 is 15.2 Å². The summed E-state index contributed by atoms with van der Waals surface area (Å²) in [5.41, 5.74) is 0.536. The molecule has 0 saturated carbocycles. The Balaban J connectivity index is 3.05. The molecule has 0 fully saturated rings. The van der Waals surface area contributed by atoms with E-state index >= 15 is 0 Å². The minimum absolute atomic E-state index is 0.0360. The van der Waals surface area contributed by atoms with E-state index in [1.807, 2.05) is 27.7 Å². The summed E-state index contributed by atoms with van der Waals surface area (Å²) < 4.78 is 5.51. The molecule has 6 heteroatoms. The van der Waals surface area contributed by atoms with E-state index in [9.17, 15) is 15.2 Å². The van der Waals surface area contributed by atoms with Crippen LogP contribution in [-0.4, -0.2) is 28.8 Å². The van der Waals surface area contributed by atoms with E-state index in [-0.39, 0.29) is 30.4 Å². The molecule has 20 heavy (non-hydrogen) atoms. The Labute approximate surface area is 118 Å². The molecule has 0 aromatic heterocycles. The van der Waals surface area contributed by atoms with Crippen molar-refractivity contribution >= 4 is 11.4 Å². The Morgan fingerprint density at radius 2 is 1.95 bits per heavy atom. The first kappa shape index (κ1) is 16.2. The number of hydrogen-bond donors (Lipinski definition) is 2. The van der Waals surface area contributed by atoms with Crippen LogP contribution in [-0.2, 0) is 0 Å². The first-order valence-corrected chi connectivity index (χ1v) is 6.67. The summed E-state index contributed by atoms with van der Waals surface area (Å²) in [7, 11) is 0. The van der Waals surface area contributed by atoms with E-state index in [4.69, 9.17) is 4.74 Å². The van der Waals surface area contributed by atoms with E-state index in [1.165, 1.54) is 12.1 Å². The number of aliphatic hydroxyl groups excluding tert-OH is 1. The Bertz CT molecular complexity index is 460. The van der Waals surface area contributed by atoms with Crippen LogP contribution in [0.5, 0.6) is 5.75 Å². The summed E-state index contributed by atoms with van der Waals surface area (Å²) in [6.45, 7) is 7.61. The van der Waals surface area contributed by atoms with Crippen molar-refractivity contribution in [1.29, 1.82) is 0 Å². The van der Waals surface area contributed by atoms with Crippen LogP contribution >= 0.6 is 0 Å². The molecule has 0 bridgehead atoms. The largest absolute Gasteiger partial charge is 0.491 e. The SMILES string of the molecule is CC(C)Oc1cc(N[C@H](CO)C(C)C)cc([N+](=O)[O-])c1. The standard InChI is InChI=1S/C14H22N2O4/c1-9(2)14(8-17)15-11-5-12(16(18)19)7-13(6-11)20-10(3)4/h5-7,9-10,14-15,17H,8H2,1-4H3/t14-/m1/s1. The quantitative estimate of drug-likeness (QED) is 0.593. The minimum atomic E-state index is -0.457. The first-order chi connectivity index (χ1) is 9.33. The van der Waals surface area contributed by atoms with Crippen molar-refractivity contribution in [3.05, 3.63) is 28.3 Å². The molecule has 1 atom stereocenters. The fourth-order valence-corrected chi connectivity index (χ4v) is 1.75. The fourth-order valence-electron chi connectivity index (χ4n) is 1.75. The Hall–Kier alpha value is -1.82. The summed E-state index contributed by atoms with van der Waals surface area (Å²) in [5, 5.41) is 23.4. The van der Waals surface area contributed by atoms with Gasteiger partial charge in [0.2, 0.25) is 0 Å². The third kappa shape index (κ3) is 4.70. The van der Waals surface area contributed by atoms with Gasteiger partial charge in [0.15, 0.2) is 0 Å². The predicted octanol–water partition coefficient (Wildman–Crippen LogP) is 2.81. The molecule has 112 valence electrons. The Morgan fingerprint density at radius 1 is 1.30 bits per heavy atom. The number of nitro groups is 1. The lowest BCUT2D eigenvalue weighted by Crippen LogP contribution is -2.29. The lowest BCUT2D eigenvalue weighted by atomic mass is 10.1. The van der Waals surface area contributed by atoms with Crippen LogP contribution in [0.15, 0.2) is 18.2 Å². The molecule has 0 unspecified atom stereocenters. The second-order valence-corrected chi connectivity index (χ2v) is 5.32. The summed E-state index contributed by atoms with van der Waals surface area (Å²) >= 11 is 0. The monoisotopic (exact) mass is 282 g/mol. The van der Waals surface area contributed by atoms with Gasteiger partial charge in [-0.05, 0) is 19.8 Å². The molecule has 1 aromatic carbocycles. The molecule has 1 aromatic rings. The van der Waals surface area contributed by atoms with Crippen molar-refractivity contribution in [2.45, 2.75) is 39.8 Å². The van der Waals surface area contributed by atoms with Gasteiger partial charge in [0, 0.05) is 17.8 Å². The van der Waals surface area contributed by atoms with Crippen LogP contribution in [0, 0.1) is 16.0 Å². The van der Waals surface area contributed by atoms with Crippen LogP contribution in [0.1, 0.15) is 27.7 Å². The number of ether oxygens (including phenoxy) is 1. The average molecular weight is 282 g/mol. The number of nitrogens with one attached hydrogen (secondary N) is 1. The molecule has 0 spiro atoms. The average Bonchev–Trinajstić information content (AvgIpc) is 2.34. The third-order valence-electron chi connectivity index (χ3n) is 2.83. The van der Waals surface area contributed by atoms with E-state index in [1.54, 1.807) is 6.07 Å². The van der Waals surface area contributed by atoms with Crippen LogP contribution in [0.2, 0.25) is 0 Å². The maximum absolute atomic E-state index is 11.0. The van der Waals surface area contributed by atoms with E-state index in [0.717, 1.165) is 0 Å². The predicted molar refractivity (Wildman–Crippen MR) is 78.2 cm³/mol. The molecule has 1 rings (SSSR count). The third-order valence-corrected chi connectivity index (χ3v) is 2.83. The molecule has 0 heterocycles. The van der Waals surface area contributed by atoms with Gasteiger partial charge in [-0.15, -0.1) is 0 Å². The molecular formula is C14H22N2O4. The van der Waals surface area contributed by atoms with Crippen LogP contribution in [0.4, 0.5) is 11.4 Å². The normalized spacial score (nSPS) is 12.6. The molecule has 2 N–H and O–H groups in total. The smallest absolute Gasteiger partial charge is 0.275 e. The maximum Gasteiger partial charge on any atom is 0.275 e. The first-order valence-electron chi connectivity index (χ1n) is 6.67. The lowest BCUT2D eigenvalue weighted by Gasteiger charge is -2.21. The van der Waals surface area contributed by atoms with E-state index in [0.29, 0.717) is 11.4 Å². The van der Waals surface area contributed by atoms with Gasteiger partial charge in [-0.2, -0.15) is 0 Å². The Morgan fingerprint density at radius 3 is 2.40 bits per heavy atom. The van der Waals surface area contributed by atoms with Gasteiger partial charge in [-0.3, -0.25) is 10.1 Å².